The van der Waals surface area contributed by atoms with Crippen LogP contribution >= 0.6 is 0 Å². The fraction of sp³-hybridized carbons (Fsp3) is 0.538. The van der Waals surface area contributed by atoms with E-state index in [2.05, 4.69) is 43.1 Å². The van der Waals surface area contributed by atoms with Gasteiger partial charge in [-0.15, -0.1) is 0 Å². The second kappa shape index (κ2) is 4.24. The number of methoxy groups -OCH3 is 1. The molecule has 0 aliphatic carbocycles. The molecule has 1 atom stereocenters. The van der Waals surface area contributed by atoms with E-state index in [9.17, 15) is 0 Å². The molecule has 1 aromatic rings. The maximum Gasteiger partial charge on any atom is 0.121 e. The maximum absolute atomic E-state index is 5.28. The number of hydrogen-bond acceptors (Lipinski definition) is 3. The van der Waals surface area contributed by atoms with Crippen LogP contribution in [0.3, 0.4) is 0 Å². The van der Waals surface area contributed by atoms with E-state index in [4.69, 9.17) is 4.74 Å². The molecular formula is C13H20N2O. The Hall–Kier alpha value is -1.38. The summed E-state index contributed by atoms with van der Waals surface area (Å²) in [5.74, 6) is 0.917. The van der Waals surface area contributed by atoms with Crippen LogP contribution in [0.15, 0.2) is 18.2 Å². The van der Waals surface area contributed by atoms with E-state index in [1.165, 1.54) is 11.4 Å². The smallest absolute Gasteiger partial charge is 0.121 e. The Balaban J connectivity index is 2.41. The highest BCUT2D eigenvalue weighted by Gasteiger charge is 2.23. The van der Waals surface area contributed by atoms with Gasteiger partial charge in [-0.25, -0.2) is 0 Å². The zero-order valence-electron chi connectivity index (χ0n) is 10.4. The number of anilines is 2. The fourth-order valence-corrected chi connectivity index (χ4v) is 2.19. The monoisotopic (exact) mass is 220 g/mol. The minimum atomic E-state index is 0.489. The molecule has 0 saturated heterocycles. The maximum atomic E-state index is 5.28. The Bertz CT molecular complexity index is 376. The molecule has 0 bridgehead atoms. The van der Waals surface area contributed by atoms with Crippen LogP contribution < -0.4 is 15.0 Å². The number of rotatable bonds is 2. The van der Waals surface area contributed by atoms with E-state index in [1.807, 2.05) is 6.07 Å². The Morgan fingerprint density at radius 3 is 2.81 bits per heavy atom. The van der Waals surface area contributed by atoms with Gasteiger partial charge >= 0.3 is 0 Å². The van der Waals surface area contributed by atoms with Crippen molar-refractivity contribution in [1.82, 2.24) is 0 Å². The number of nitrogens with one attached hydrogen (secondary N) is 1. The molecule has 0 aromatic heterocycles. The van der Waals surface area contributed by atoms with Gasteiger partial charge in [0.1, 0.15) is 5.75 Å². The molecule has 1 aliphatic rings. The Morgan fingerprint density at radius 2 is 2.19 bits per heavy atom. The third kappa shape index (κ3) is 1.94. The Morgan fingerprint density at radius 1 is 1.44 bits per heavy atom. The van der Waals surface area contributed by atoms with Crippen LogP contribution in [-0.4, -0.2) is 25.7 Å². The summed E-state index contributed by atoms with van der Waals surface area (Å²) in [6.07, 6.45) is 0. The van der Waals surface area contributed by atoms with Crippen LogP contribution in [0.2, 0.25) is 0 Å². The SMILES string of the molecule is COc1ccc2c(c1)N(C(C)C)CC(C)N2. The van der Waals surface area contributed by atoms with Gasteiger partial charge in [-0.3, -0.25) is 0 Å². The number of hydrogen-bond donors (Lipinski definition) is 1. The molecule has 1 heterocycles. The lowest BCUT2D eigenvalue weighted by molar-refractivity contribution is 0.414. The molecule has 0 fully saturated rings. The molecule has 1 N–H and O–H groups in total. The highest BCUT2D eigenvalue weighted by molar-refractivity contribution is 5.74. The van der Waals surface area contributed by atoms with Crippen molar-refractivity contribution in [1.29, 1.82) is 0 Å². The average molecular weight is 220 g/mol. The van der Waals surface area contributed by atoms with Crippen molar-refractivity contribution >= 4 is 11.4 Å². The van der Waals surface area contributed by atoms with Crippen molar-refractivity contribution in [3.8, 4) is 5.75 Å². The van der Waals surface area contributed by atoms with Crippen LogP contribution in [0, 0.1) is 0 Å². The van der Waals surface area contributed by atoms with Crippen molar-refractivity contribution in [3.63, 3.8) is 0 Å². The van der Waals surface area contributed by atoms with Gasteiger partial charge in [0.15, 0.2) is 0 Å². The van der Waals surface area contributed by atoms with Crippen LogP contribution in [-0.2, 0) is 0 Å². The molecule has 3 nitrogen and oxygen atoms in total. The van der Waals surface area contributed by atoms with Crippen molar-refractivity contribution < 1.29 is 4.74 Å². The number of ether oxygens (including phenoxy) is 1. The summed E-state index contributed by atoms with van der Waals surface area (Å²) in [5.41, 5.74) is 2.45. The van der Waals surface area contributed by atoms with Gasteiger partial charge < -0.3 is 15.0 Å². The first-order chi connectivity index (χ1) is 7.61. The van der Waals surface area contributed by atoms with E-state index in [-0.39, 0.29) is 0 Å². The van der Waals surface area contributed by atoms with Crippen molar-refractivity contribution in [3.05, 3.63) is 18.2 Å². The summed E-state index contributed by atoms with van der Waals surface area (Å²) >= 11 is 0. The molecule has 1 unspecified atom stereocenters. The Labute approximate surface area is 97.4 Å². The minimum absolute atomic E-state index is 0.489. The van der Waals surface area contributed by atoms with Crippen LogP contribution in [0.25, 0.3) is 0 Å². The second-order valence-electron chi connectivity index (χ2n) is 4.67. The first kappa shape index (κ1) is 11.1. The van der Waals surface area contributed by atoms with Gasteiger partial charge in [0.05, 0.1) is 18.5 Å². The summed E-state index contributed by atoms with van der Waals surface area (Å²) in [4.78, 5) is 2.42. The van der Waals surface area contributed by atoms with Gasteiger partial charge in [0.25, 0.3) is 0 Å². The highest BCUT2D eigenvalue weighted by Crippen LogP contribution is 2.35. The molecule has 3 heteroatoms. The van der Waals surface area contributed by atoms with Crippen molar-refractivity contribution in [2.75, 3.05) is 23.9 Å². The highest BCUT2D eigenvalue weighted by atomic mass is 16.5. The van der Waals surface area contributed by atoms with Gasteiger partial charge in [0, 0.05) is 24.7 Å². The lowest BCUT2D eigenvalue weighted by Gasteiger charge is -2.38. The molecule has 88 valence electrons. The lowest BCUT2D eigenvalue weighted by atomic mass is 10.1. The largest absolute Gasteiger partial charge is 0.497 e. The molecule has 0 radical (unpaired) electrons. The van der Waals surface area contributed by atoms with E-state index < -0.39 is 0 Å². The summed E-state index contributed by atoms with van der Waals surface area (Å²) in [5, 5.41) is 3.50. The quantitative estimate of drug-likeness (QED) is 0.829. The van der Waals surface area contributed by atoms with Gasteiger partial charge in [-0.2, -0.15) is 0 Å². The minimum Gasteiger partial charge on any atom is -0.497 e. The molecule has 2 rings (SSSR count). The third-order valence-electron chi connectivity index (χ3n) is 3.01. The number of nitrogens with zero attached hydrogens (tertiary/aromatic N) is 1. The lowest BCUT2D eigenvalue weighted by Crippen LogP contribution is -2.43. The van der Waals surface area contributed by atoms with E-state index >= 15 is 0 Å². The molecule has 0 amide bonds. The predicted molar refractivity (Wildman–Crippen MR) is 68.6 cm³/mol. The predicted octanol–water partition coefficient (Wildman–Crippen LogP) is 2.72. The fourth-order valence-electron chi connectivity index (χ4n) is 2.19. The van der Waals surface area contributed by atoms with Crippen LogP contribution in [0.4, 0.5) is 11.4 Å². The molecule has 0 spiro atoms. The second-order valence-corrected chi connectivity index (χ2v) is 4.67. The van der Waals surface area contributed by atoms with Crippen molar-refractivity contribution in [2.45, 2.75) is 32.9 Å². The van der Waals surface area contributed by atoms with E-state index in [0.717, 1.165) is 12.3 Å². The first-order valence-electron chi connectivity index (χ1n) is 5.83. The summed E-state index contributed by atoms with van der Waals surface area (Å²) in [7, 11) is 1.71. The van der Waals surface area contributed by atoms with E-state index in [0.29, 0.717) is 12.1 Å². The zero-order chi connectivity index (χ0) is 11.7. The topological polar surface area (TPSA) is 24.5 Å². The number of fused-ring (bicyclic) bond motifs is 1. The molecule has 1 aromatic carbocycles. The molecular weight excluding hydrogens is 200 g/mol. The average Bonchev–Trinajstić information content (AvgIpc) is 2.27. The van der Waals surface area contributed by atoms with E-state index in [1.54, 1.807) is 7.11 Å². The Kier molecular flexibility index (Phi) is 2.95. The molecule has 16 heavy (non-hydrogen) atoms. The van der Waals surface area contributed by atoms with Gasteiger partial charge in [-0.05, 0) is 32.9 Å². The van der Waals surface area contributed by atoms with Crippen LogP contribution in [0.1, 0.15) is 20.8 Å². The number of benzene rings is 1. The molecule has 0 saturated carbocycles. The standard InChI is InChI=1S/C13H20N2O/c1-9(2)15-8-10(3)14-12-6-5-11(16-4)7-13(12)15/h5-7,9-10,14H,8H2,1-4H3. The van der Waals surface area contributed by atoms with Gasteiger partial charge in [-0.1, -0.05) is 0 Å². The van der Waals surface area contributed by atoms with Gasteiger partial charge in [0.2, 0.25) is 0 Å². The molecule has 1 aliphatic heterocycles. The third-order valence-corrected chi connectivity index (χ3v) is 3.01. The summed E-state index contributed by atoms with van der Waals surface area (Å²) in [6, 6.07) is 7.20. The van der Waals surface area contributed by atoms with Crippen molar-refractivity contribution in [2.24, 2.45) is 0 Å². The summed E-state index contributed by atoms with van der Waals surface area (Å²) < 4.78 is 5.28. The summed E-state index contributed by atoms with van der Waals surface area (Å²) in [6.45, 7) is 7.70. The zero-order valence-corrected chi connectivity index (χ0v) is 10.4. The normalized spacial score (nSPS) is 19.3. The van der Waals surface area contributed by atoms with Crippen LogP contribution in [0.5, 0.6) is 5.75 Å². The first-order valence-corrected chi connectivity index (χ1v) is 5.83.